The number of amides is 3. The highest BCUT2D eigenvalue weighted by Gasteiger charge is 2.07. The number of carbonyl (C=O) groups excluding carboxylic acids is 3. The largest absolute Gasteiger partial charge is 0.376 e. The molecule has 0 unspecified atom stereocenters. The van der Waals surface area contributed by atoms with Crippen molar-refractivity contribution >= 4 is 40.5 Å². The quantitative estimate of drug-likeness (QED) is 0.372. The van der Waals surface area contributed by atoms with Gasteiger partial charge in [0.25, 0.3) is 5.91 Å². The summed E-state index contributed by atoms with van der Waals surface area (Å²) in [5, 5.41) is 11.5. The molecule has 33 heavy (non-hydrogen) atoms. The topological polar surface area (TPSA) is 99.3 Å². The van der Waals surface area contributed by atoms with Crippen molar-refractivity contribution in [3.8, 4) is 0 Å². The molecule has 0 aromatic heterocycles. The molecule has 0 atom stereocenters. The minimum Gasteiger partial charge on any atom is -0.376 e. The second-order valence-corrected chi connectivity index (χ2v) is 7.68. The van der Waals surface area contributed by atoms with Gasteiger partial charge in [0.15, 0.2) is 0 Å². The standard InChI is InChI=1S/C26H28N4O3/c1-3-6-24(31)28-22-9-5-10-23(16-22)29-25(32)17-27-20-11-13-21(14-12-20)30-26(33)19-8-4-7-18(2)15-19/h4-5,7-16,27H,3,6,17H2,1-2H3,(H,28,31)(H,29,32)(H,30,33). The molecule has 0 fully saturated rings. The van der Waals surface area contributed by atoms with Crippen LogP contribution >= 0.6 is 0 Å². The number of hydrogen-bond donors (Lipinski definition) is 4. The van der Waals surface area contributed by atoms with Crippen LogP contribution < -0.4 is 21.3 Å². The minimum absolute atomic E-state index is 0.0545. The molecule has 3 rings (SSSR count). The maximum Gasteiger partial charge on any atom is 0.255 e. The first-order valence-corrected chi connectivity index (χ1v) is 10.8. The van der Waals surface area contributed by atoms with Gasteiger partial charge in [-0.05, 0) is 67.9 Å². The van der Waals surface area contributed by atoms with Gasteiger partial charge in [-0.25, -0.2) is 0 Å². The van der Waals surface area contributed by atoms with E-state index >= 15 is 0 Å². The van der Waals surface area contributed by atoms with Crippen LogP contribution in [0.3, 0.4) is 0 Å². The first-order chi connectivity index (χ1) is 15.9. The Labute approximate surface area is 193 Å². The summed E-state index contributed by atoms with van der Waals surface area (Å²) >= 11 is 0. The van der Waals surface area contributed by atoms with Crippen LogP contribution in [-0.4, -0.2) is 24.3 Å². The summed E-state index contributed by atoms with van der Waals surface area (Å²) in [5.41, 5.74) is 4.28. The summed E-state index contributed by atoms with van der Waals surface area (Å²) in [6.45, 7) is 3.95. The summed E-state index contributed by atoms with van der Waals surface area (Å²) in [4.78, 5) is 36.4. The van der Waals surface area contributed by atoms with Crippen molar-refractivity contribution in [1.29, 1.82) is 0 Å². The first-order valence-electron chi connectivity index (χ1n) is 10.8. The van der Waals surface area contributed by atoms with Crippen LogP contribution in [0.2, 0.25) is 0 Å². The summed E-state index contributed by atoms with van der Waals surface area (Å²) in [5.74, 6) is -0.447. The highest BCUT2D eigenvalue weighted by atomic mass is 16.2. The average Bonchev–Trinajstić information content (AvgIpc) is 2.79. The van der Waals surface area contributed by atoms with E-state index < -0.39 is 0 Å². The van der Waals surface area contributed by atoms with E-state index in [9.17, 15) is 14.4 Å². The first kappa shape index (κ1) is 23.5. The summed E-state index contributed by atoms with van der Waals surface area (Å²) in [6.07, 6.45) is 1.23. The van der Waals surface area contributed by atoms with E-state index in [0.29, 0.717) is 29.0 Å². The van der Waals surface area contributed by atoms with E-state index in [0.717, 1.165) is 17.7 Å². The van der Waals surface area contributed by atoms with E-state index in [4.69, 9.17) is 0 Å². The molecule has 3 amide bonds. The van der Waals surface area contributed by atoms with Gasteiger partial charge in [0.05, 0.1) is 6.54 Å². The van der Waals surface area contributed by atoms with Gasteiger partial charge in [0.2, 0.25) is 11.8 Å². The Bertz CT molecular complexity index is 1130. The Hall–Kier alpha value is -4.13. The smallest absolute Gasteiger partial charge is 0.255 e. The molecule has 7 nitrogen and oxygen atoms in total. The second kappa shape index (κ2) is 11.5. The number of carbonyl (C=O) groups is 3. The lowest BCUT2D eigenvalue weighted by Gasteiger charge is -2.11. The van der Waals surface area contributed by atoms with Gasteiger partial charge < -0.3 is 21.3 Å². The SMILES string of the molecule is CCCC(=O)Nc1cccc(NC(=O)CNc2ccc(NC(=O)c3cccc(C)c3)cc2)c1. The van der Waals surface area contributed by atoms with Gasteiger partial charge in [-0.2, -0.15) is 0 Å². The van der Waals surface area contributed by atoms with Crippen LogP contribution in [0.4, 0.5) is 22.7 Å². The number of benzene rings is 3. The monoisotopic (exact) mass is 444 g/mol. The molecule has 0 saturated heterocycles. The van der Waals surface area contributed by atoms with Gasteiger partial charge in [-0.3, -0.25) is 14.4 Å². The molecule has 3 aromatic rings. The van der Waals surface area contributed by atoms with Crippen LogP contribution in [0.1, 0.15) is 35.7 Å². The van der Waals surface area contributed by atoms with Crippen LogP contribution in [0, 0.1) is 6.92 Å². The summed E-state index contributed by atoms with van der Waals surface area (Å²) in [7, 11) is 0. The van der Waals surface area contributed by atoms with E-state index in [2.05, 4.69) is 21.3 Å². The van der Waals surface area contributed by atoms with E-state index in [1.165, 1.54) is 0 Å². The third-order valence-electron chi connectivity index (χ3n) is 4.78. The molecule has 0 aliphatic rings. The Balaban J connectivity index is 1.48. The summed E-state index contributed by atoms with van der Waals surface area (Å²) in [6, 6.07) is 21.6. The van der Waals surface area contributed by atoms with Gasteiger partial charge in [-0.15, -0.1) is 0 Å². The fraction of sp³-hybridized carbons (Fsp3) is 0.192. The molecule has 0 heterocycles. The molecule has 0 aliphatic carbocycles. The Morgan fingerprint density at radius 1 is 0.697 bits per heavy atom. The molecular weight excluding hydrogens is 416 g/mol. The third-order valence-corrected chi connectivity index (χ3v) is 4.78. The van der Waals surface area contributed by atoms with E-state index in [1.54, 1.807) is 54.6 Å². The highest BCUT2D eigenvalue weighted by Crippen LogP contribution is 2.17. The van der Waals surface area contributed by atoms with Crippen molar-refractivity contribution in [2.45, 2.75) is 26.7 Å². The molecule has 170 valence electrons. The molecule has 0 radical (unpaired) electrons. The van der Waals surface area contributed by atoms with Gasteiger partial charge in [0.1, 0.15) is 0 Å². The molecule has 7 heteroatoms. The molecule has 0 bridgehead atoms. The average molecular weight is 445 g/mol. The predicted molar refractivity (Wildman–Crippen MR) is 133 cm³/mol. The Morgan fingerprint density at radius 2 is 1.33 bits per heavy atom. The molecule has 0 saturated carbocycles. The lowest BCUT2D eigenvalue weighted by atomic mass is 10.1. The van der Waals surface area contributed by atoms with E-state index in [-0.39, 0.29) is 24.3 Å². The van der Waals surface area contributed by atoms with Crippen molar-refractivity contribution in [3.05, 3.63) is 83.9 Å². The summed E-state index contributed by atoms with van der Waals surface area (Å²) < 4.78 is 0. The fourth-order valence-corrected chi connectivity index (χ4v) is 3.17. The highest BCUT2D eigenvalue weighted by molar-refractivity contribution is 6.04. The number of hydrogen-bond acceptors (Lipinski definition) is 4. The van der Waals surface area contributed by atoms with Crippen LogP contribution in [0.25, 0.3) is 0 Å². The Morgan fingerprint density at radius 3 is 2.00 bits per heavy atom. The van der Waals surface area contributed by atoms with E-state index in [1.807, 2.05) is 32.0 Å². The number of rotatable bonds is 9. The predicted octanol–water partition coefficient (Wildman–Crippen LogP) is 5.04. The van der Waals surface area contributed by atoms with Crippen LogP contribution in [0.15, 0.2) is 72.8 Å². The van der Waals surface area contributed by atoms with Gasteiger partial charge in [0, 0.05) is 34.7 Å². The molecule has 0 spiro atoms. The zero-order valence-corrected chi connectivity index (χ0v) is 18.8. The van der Waals surface area contributed by atoms with Crippen molar-refractivity contribution in [2.75, 3.05) is 27.8 Å². The fourth-order valence-electron chi connectivity index (χ4n) is 3.17. The van der Waals surface area contributed by atoms with Gasteiger partial charge in [-0.1, -0.05) is 30.7 Å². The maximum atomic E-state index is 12.4. The van der Waals surface area contributed by atoms with Crippen molar-refractivity contribution in [3.63, 3.8) is 0 Å². The molecular formula is C26H28N4O3. The number of nitrogens with one attached hydrogen (secondary N) is 4. The Kier molecular flexibility index (Phi) is 8.18. The molecule has 4 N–H and O–H groups in total. The van der Waals surface area contributed by atoms with Gasteiger partial charge >= 0.3 is 0 Å². The van der Waals surface area contributed by atoms with Crippen molar-refractivity contribution in [2.24, 2.45) is 0 Å². The number of aryl methyl sites for hydroxylation is 1. The van der Waals surface area contributed by atoms with Crippen molar-refractivity contribution < 1.29 is 14.4 Å². The second-order valence-electron chi connectivity index (χ2n) is 7.68. The molecule has 3 aromatic carbocycles. The zero-order valence-electron chi connectivity index (χ0n) is 18.8. The zero-order chi connectivity index (χ0) is 23.6. The lowest BCUT2D eigenvalue weighted by Crippen LogP contribution is -2.22. The lowest BCUT2D eigenvalue weighted by molar-refractivity contribution is -0.116. The minimum atomic E-state index is -0.219. The normalized spacial score (nSPS) is 10.2. The number of anilines is 4. The van der Waals surface area contributed by atoms with Crippen LogP contribution in [-0.2, 0) is 9.59 Å². The third kappa shape index (κ3) is 7.50. The molecule has 0 aliphatic heterocycles. The maximum absolute atomic E-state index is 12.4. The van der Waals surface area contributed by atoms with Crippen LogP contribution in [0.5, 0.6) is 0 Å². The van der Waals surface area contributed by atoms with Crippen molar-refractivity contribution in [1.82, 2.24) is 0 Å².